The Bertz CT molecular complexity index is 642. The summed E-state index contributed by atoms with van der Waals surface area (Å²) >= 11 is 0. The Balaban J connectivity index is 1.81. The molecule has 1 aliphatic carbocycles. The Morgan fingerprint density at radius 1 is 1.45 bits per heavy atom. The zero-order valence-corrected chi connectivity index (χ0v) is 11.9. The number of hydrogen-bond donors (Lipinski definition) is 1. The van der Waals surface area contributed by atoms with Gasteiger partial charge in [-0.3, -0.25) is 9.48 Å². The lowest BCUT2D eigenvalue weighted by molar-refractivity contribution is 0.0729. The van der Waals surface area contributed by atoms with Crippen molar-refractivity contribution >= 4 is 16.8 Å². The molecule has 5 nitrogen and oxygen atoms in total. The predicted octanol–water partition coefficient (Wildman–Crippen LogP) is 1.38. The molecule has 1 aromatic carbocycles. The molecule has 0 radical (unpaired) electrons. The molecule has 3 rings (SSSR count). The average Bonchev–Trinajstić information content (AvgIpc) is 2.74. The normalized spacial score (nSPS) is 21.8. The van der Waals surface area contributed by atoms with Gasteiger partial charge in [0.1, 0.15) is 0 Å². The lowest BCUT2D eigenvalue weighted by Gasteiger charge is -2.35. The number of nitrogens with zero attached hydrogens (tertiary/aromatic N) is 3. The molecule has 0 atom stereocenters. The van der Waals surface area contributed by atoms with Crippen LogP contribution in [0.4, 0.5) is 0 Å². The standard InChI is InChI=1S/C15H20N4O/c1-18(9-10-7-11(16)8-10)15(20)14-12-5-3-4-6-13(12)19(2)17-14/h3-6,10-11H,7-9,16H2,1-2H3. The van der Waals surface area contributed by atoms with Gasteiger partial charge in [-0.25, -0.2) is 0 Å². The molecule has 0 saturated heterocycles. The van der Waals surface area contributed by atoms with E-state index in [0.29, 0.717) is 17.7 Å². The molecule has 1 saturated carbocycles. The fraction of sp³-hybridized carbons (Fsp3) is 0.467. The first-order valence-corrected chi connectivity index (χ1v) is 6.99. The van der Waals surface area contributed by atoms with Crippen LogP contribution in [0.2, 0.25) is 0 Å². The van der Waals surface area contributed by atoms with Gasteiger partial charge < -0.3 is 10.6 Å². The third-order valence-corrected chi connectivity index (χ3v) is 4.11. The first-order chi connectivity index (χ1) is 9.56. The number of para-hydroxylation sites is 1. The van der Waals surface area contributed by atoms with Gasteiger partial charge in [-0.2, -0.15) is 5.10 Å². The van der Waals surface area contributed by atoms with Gasteiger partial charge in [0.05, 0.1) is 5.52 Å². The van der Waals surface area contributed by atoms with Crippen molar-refractivity contribution in [2.75, 3.05) is 13.6 Å². The highest BCUT2D eigenvalue weighted by Gasteiger charge is 2.29. The molecule has 106 valence electrons. The maximum atomic E-state index is 12.5. The molecule has 0 aliphatic heterocycles. The molecule has 0 unspecified atom stereocenters. The summed E-state index contributed by atoms with van der Waals surface area (Å²) in [5.74, 6) is 0.524. The highest BCUT2D eigenvalue weighted by molar-refractivity contribution is 6.04. The quantitative estimate of drug-likeness (QED) is 0.918. The van der Waals surface area contributed by atoms with Crippen LogP contribution in [-0.2, 0) is 7.05 Å². The largest absolute Gasteiger partial charge is 0.340 e. The Kier molecular flexibility index (Phi) is 3.22. The van der Waals surface area contributed by atoms with Crippen LogP contribution in [0, 0.1) is 5.92 Å². The third-order valence-electron chi connectivity index (χ3n) is 4.11. The topological polar surface area (TPSA) is 64.2 Å². The number of hydrogen-bond acceptors (Lipinski definition) is 3. The van der Waals surface area contributed by atoms with Gasteiger partial charge in [0.2, 0.25) is 0 Å². The average molecular weight is 272 g/mol. The van der Waals surface area contributed by atoms with E-state index in [2.05, 4.69) is 5.10 Å². The Hall–Kier alpha value is -1.88. The van der Waals surface area contributed by atoms with E-state index in [1.165, 1.54) is 0 Å². The molecular formula is C15H20N4O. The first-order valence-electron chi connectivity index (χ1n) is 6.99. The minimum atomic E-state index is -0.0118. The van der Waals surface area contributed by atoms with Crippen molar-refractivity contribution in [3.63, 3.8) is 0 Å². The van der Waals surface area contributed by atoms with E-state index in [1.54, 1.807) is 9.58 Å². The lowest BCUT2D eigenvalue weighted by atomic mass is 9.80. The second-order valence-corrected chi connectivity index (χ2v) is 5.77. The Morgan fingerprint density at radius 3 is 2.85 bits per heavy atom. The number of fused-ring (bicyclic) bond motifs is 1. The predicted molar refractivity (Wildman–Crippen MR) is 78.4 cm³/mol. The van der Waals surface area contributed by atoms with Gasteiger partial charge in [0.15, 0.2) is 5.69 Å². The Morgan fingerprint density at radius 2 is 2.15 bits per heavy atom. The summed E-state index contributed by atoms with van der Waals surface area (Å²) in [6.45, 7) is 0.761. The van der Waals surface area contributed by atoms with Gasteiger partial charge in [-0.05, 0) is 24.8 Å². The maximum Gasteiger partial charge on any atom is 0.274 e. The van der Waals surface area contributed by atoms with E-state index in [1.807, 2.05) is 38.4 Å². The number of carbonyl (C=O) groups is 1. The smallest absolute Gasteiger partial charge is 0.274 e. The number of aromatic nitrogens is 2. The van der Waals surface area contributed by atoms with E-state index in [9.17, 15) is 4.79 Å². The first kappa shape index (κ1) is 13.1. The van der Waals surface area contributed by atoms with Crippen LogP contribution in [0.1, 0.15) is 23.3 Å². The van der Waals surface area contributed by atoms with Crippen LogP contribution in [0.5, 0.6) is 0 Å². The lowest BCUT2D eigenvalue weighted by Crippen LogP contribution is -2.43. The highest BCUT2D eigenvalue weighted by atomic mass is 16.2. The molecule has 1 fully saturated rings. The Labute approximate surface area is 118 Å². The summed E-state index contributed by atoms with van der Waals surface area (Å²) in [5, 5.41) is 5.29. The molecule has 20 heavy (non-hydrogen) atoms. The third kappa shape index (κ3) is 2.18. The summed E-state index contributed by atoms with van der Waals surface area (Å²) in [5.41, 5.74) is 7.31. The number of aryl methyl sites for hydroxylation is 1. The second-order valence-electron chi connectivity index (χ2n) is 5.77. The minimum absolute atomic E-state index is 0.0118. The van der Waals surface area contributed by atoms with Crippen molar-refractivity contribution in [1.82, 2.24) is 14.7 Å². The van der Waals surface area contributed by atoms with Crippen LogP contribution in [0.3, 0.4) is 0 Å². The summed E-state index contributed by atoms with van der Waals surface area (Å²) in [7, 11) is 3.71. The zero-order chi connectivity index (χ0) is 14.3. The zero-order valence-electron chi connectivity index (χ0n) is 11.9. The summed E-state index contributed by atoms with van der Waals surface area (Å²) in [6.07, 6.45) is 2.03. The molecule has 1 aliphatic rings. The van der Waals surface area contributed by atoms with Gasteiger partial charge in [0, 0.05) is 32.1 Å². The van der Waals surface area contributed by atoms with Gasteiger partial charge in [-0.15, -0.1) is 0 Å². The molecule has 5 heteroatoms. The van der Waals surface area contributed by atoms with Crippen molar-refractivity contribution in [2.45, 2.75) is 18.9 Å². The molecule has 0 spiro atoms. The van der Waals surface area contributed by atoms with Crippen molar-refractivity contribution in [3.05, 3.63) is 30.0 Å². The van der Waals surface area contributed by atoms with Gasteiger partial charge in [-0.1, -0.05) is 18.2 Å². The SMILES string of the molecule is CN(CC1CC(N)C1)C(=O)c1nn(C)c2ccccc12. The fourth-order valence-corrected chi connectivity index (χ4v) is 2.96. The van der Waals surface area contributed by atoms with Crippen LogP contribution < -0.4 is 5.73 Å². The highest BCUT2D eigenvalue weighted by Crippen LogP contribution is 2.27. The van der Waals surface area contributed by atoms with E-state index in [0.717, 1.165) is 30.3 Å². The molecule has 2 N–H and O–H groups in total. The number of carbonyl (C=O) groups excluding carboxylic acids is 1. The van der Waals surface area contributed by atoms with Crippen LogP contribution in [-0.4, -0.2) is 40.2 Å². The fourth-order valence-electron chi connectivity index (χ4n) is 2.96. The van der Waals surface area contributed by atoms with Crippen molar-refractivity contribution in [1.29, 1.82) is 0 Å². The van der Waals surface area contributed by atoms with Crippen molar-refractivity contribution < 1.29 is 4.79 Å². The van der Waals surface area contributed by atoms with E-state index in [4.69, 9.17) is 5.73 Å². The number of benzene rings is 1. The monoisotopic (exact) mass is 272 g/mol. The van der Waals surface area contributed by atoms with Crippen LogP contribution in [0.25, 0.3) is 10.9 Å². The maximum absolute atomic E-state index is 12.5. The van der Waals surface area contributed by atoms with E-state index in [-0.39, 0.29) is 5.91 Å². The van der Waals surface area contributed by atoms with Crippen molar-refractivity contribution in [2.24, 2.45) is 18.7 Å². The number of amides is 1. The minimum Gasteiger partial charge on any atom is -0.340 e. The van der Waals surface area contributed by atoms with Crippen LogP contribution >= 0.6 is 0 Å². The summed E-state index contributed by atoms with van der Waals surface area (Å²) in [4.78, 5) is 14.3. The van der Waals surface area contributed by atoms with E-state index < -0.39 is 0 Å². The molecular weight excluding hydrogens is 252 g/mol. The number of rotatable bonds is 3. The molecule has 1 amide bonds. The summed E-state index contributed by atoms with van der Waals surface area (Å²) in [6, 6.07) is 8.13. The molecule has 0 bridgehead atoms. The molecule has 2 aromatic rings. The van der Waals surface area contributed by atoms with E-state index >= 15 is 0 Å². The second kappa shape index (κ2) is 4.90. The molecule has 1 heterocycles. The van der Waals surface area contributed by atoms with Gasteiger partial charge in [0.25, 0.3) is 5.91 Å². The summed E-state index contributed by atoms with van der Waals surface area (Å²) < 4.78 is 1.76. The van der Waals surface area contributed by atoms with Crippen molar-refractivity contribution in [3.8, 4) is 0 Å². The molecule has 1 aromatic heterocycles. The number of nitrogens with two attached hydrogens (primary N) is 1. The van der Waals surface area contributed by atoms with Crippen LogP contribution in [0.15, 0.2) is 24.3 Å². The van der Waals surface area contributed by atoms with Gasteiger partial charge >= 0.3 is 0 Å².